The third-order valence-corrected chi connectivity index (χ3v) is 21.0. The van der Waals surface area contributed by atoms with Crippen molar-refractivity contribution in [2.75, 3.05) is 33.0 Å². The van der Waals surface area contributed by atoms with Crippen LogP contribution in [0.25, 0.3) is 0 Å². The fraction of sp³-hybridized carbons (Fsp3) is 1.00. The second-order valence-electron chi connectivity index (χ2n) is 22.1. The summed E-state index contributed by atoms with van der Waals surface area (Å²) in [5.74, 6) is 0. The molecule has 0 amide bonds. The van der Waals surface area contributed by atoms with Crippen LogP contribution in [0.15, 0.2) is 0 Å². The molecule has 0 saturated carbocycles. The van der Waals surface area contributed by atoms with E-state index >= 15 is 0 Å². The van der Waals surface area contributed by atoms with Crippen molar-refractivity contribution in [2.45, 2.75) is 154 Å². The minimum Gasteiger partial charge on any atom is -0.366 e. The Morgan fingerprint density at radius 2 is 0.367 bits per heavy atom. The van der Waals surface area contributed by atoms with Gasteiger partial charge in [-0.3, -0.25) is 72.8 Å². The van der Waals surface area contributed by atoms with Gasteiger partial charge in [0.15, 0.2) is 55.9 Å². The Labute approximate surface area is 670 Å². The molecule has 18 N–H and O–H groups in total. The SMILES string of the molecule is O=P(O)(O)OC[C@H]1O[C@H](O[C@@H]2[C@H](OS(=O)(=O)O)[C@@H](O[C@@H]3[C@H](OS(=O)(=O)O)[C@@H](O[C@@H]4[C@H](OS(=O)(=O)O)[C@@H](O[C@@H]5C(O)O[C@H](COS(=O)(=O)O)[C@@H](OS(=O)(=O)O)[C@@H]5OS(=O)(=O)O)O[C@H](COS(=O)(=O)O)[C@H]4OS(=O)(=O)O)O[C@H](COS(=O)(=O)O)[C@H]3OS(=O)(=O)O)O[C@H](COS(=O)(=O)O)[C@H]2OS(=O)(=O)O)[C@@H](OS(=O)(=O)O)[C@@H](OS(=O)(=O)O)[C@@H]1OS(=O)(=O)O. The minimum atomic E-state index is -7.10. The van der Waals surface area contributed by atoms with Gasteiger partial charge in [-0.15, -0.1) is 0 Å². The van der Waals surface area contributed by atoms with E-state index < -0.39 is 350 Å². The van der Waals surface area contributed by atoms with Crippen LogP contribution >= 0.6 is 7.82 Å². The molecular weight excluding hydrogens is 2060 g/mol. The average molecular weight is 2110 g/mol. The lowest BCUT2D eigenvalue weighted by Gasteiger charge is -2.51. The zero-order valence-corrected chi connectivity index (χ0v) is 68.6. The largest absolute Gasteiger partial charge is 0.469 e. The van der Waals surface area contributed by atoms with Crippen LogP contribution in [0, 0.1) is 0 Å². The van der Waals surface area contributed by atoms with Crippen LogP contribution in [-0.2, 0) is 270 Å². The second kappa shape index (κ2) is 39.6. The molecule has 5 saturated heterocycles. The molecule has 712 valence electrons. The molecule has 0 radical (unpaired) electrons. The van der Waals surface area contributed by atoms with Crippen molar-refractivity contribution in [1.29, 1.82) is 0 Å². The number of hydrogen-bond acceptors (Lipinski definition) is 57. The Morgan fingerprint density at radius 1 is 0.208 bits per heavy atom. The van der Waals surface area contributed by atoms with Gasteiger partial charge in [0, 0.05) is 0 Å². The van der Waals surface area contributed by atoms with Crippen LogP contribution in [0.4, 0.5) is 0 Å². The monoisotopic (exact) mass is 2110 g/mol. The van der Waals surface area contributed by atoms with Crippen LogP contribution in [0.2, 0.25) is 0 Å². The lowest BCUT2D eigenvalue weighted by molar-refractivity contribution is -0.386. The molecule has 5 rings (SSSR count). The van der Waals surface area contributed by atoms with Gasteiger partial charge >= 0.3 is 164 Å². The number of rotatable bonds is 45. The summed E-state index contributed by atoms with van der Waals surface area (Å²) in [6.07, 6.45) is -96.1. The lowest BCUT2D eigenvalue weighted by atomic mass is 9.95. The van der Waals surface area contributed by atoms with Gasteiger partial charge in [-0.05, 0) is 0 Å². The third-order valence-electron chi connectivity index (χ3n) is 13.6. The first kappa shape index (κ1) is 108. The molecule has 5 fully saturated rings. The van der Waals surface area contributed by atoms with E-state index in [9.17, 15) is 214 Å². The Bertz CT molecular complexity index is 5480. The fourth-order valence-electron chi connectivity index (χ4n) is 10.3. The van der Waals surface area contributed by atoms with E-state index in [0.717, 1.165) is 0 Å². The van der Waals surface area contributed by atoms with Crippen molar-refractivity contribution < 1.29 is 324 Å². The average Bonchev–Trinajstić information content (AvgIpc) is 0.745. The number of aliphatic hydroxyl groups excluding tert-OH is 1. The lowest BCUT2D eigenvalue weighted by Crippen LogP contribution is -2.70. The van der Waals surface area contributed by atoms with Crippen LogP contribution in [0.5, 0.6) is 0 Å². The predicted octanol–water partition coefficient (Wildman–Crippen LogP) is -14.4. The summed E-state index contributed by atoms with van der Waals surface area (Å²) in [6.45, 7) is -11.9. The molecule has 0 aromatic rings. The molecule has 5 heterocycles. The number of phosphoric ester groups is 1. The van der Waals surface area contributed by atoms with E-state index in [-0.39, 0.29) is 0 Å². The molecule has 5 aliphatic rings. The van der Waals surface area contributed by atoms with Crippen LogP contribution in [0.1, 0.15) is 0 Å². The summed E-state index contributed by atoms with van der Waals surface area (Å²) in [7, 11) is -106. The number of phosphoric acid groups is 1. The van der Waals surface area contributed by atoms with Gasteiger partial charge in [0.1, 0.15) is 97.7 Å². The quantitative estimate of drug-likeness (QED) is 0.0199. The van der Waals surface area contributed by atoms with E-state index in [4.69, 9.17) is 42.6 Å². The van der Waals surface area contributed by atoms with Gasteiger partial charge in [-0.1, -0.05) is 0 Å². The maximum absolute atomic E-state index is 13.3. The molecule has 0 bridgehead atoms. The highest BCUT2D eigenvalue weighted by atomic mass is 32.3. The maximum Gasteiger partial charge on any atom is 0.469 e. The van der Waals surface area contributed by atoms with Gasteiger partial charge < -0.3 is 57.5 Å². The Balaban J connectivity index is 2.02. The molecule has 0 aromatic carbocycles. The molecule has 0 spiro atoms. The maximum atomic E-state index is 13.3. The van der Waals surface area contributed by atoms with Gasteiger partial charge in [-0.2, -0.15) is 126 Å². The summed E-state index contributed by atoms with van der Waals surface area (Å²) in [5, 5.41) is 11.3. The van der Waals surface area contributed by atoms with E-state index in [1.54, 1.807) is 0 Å². The molecule has 25 atom stereocenters. The molecular formula is C30H53O74PS15. The smallest absolute Gasteiger partial charge is 0.366 e. The van der Waals surface area contributed by atoms with E-state index in [2.05, 4.69) is 67.3 Å². The molecule has 5 aliphatic heterocycles. The normalized spacial score (nSPS) is 33.4. The van der Waals surface area contributed by atoms with Crippen molar-refractivity contribution >= 4 is 164 Å². The molecule has 0 aromatic heterocycles. The van der Waals surface area contributed by atoms with Crippen molar-refractivity contribution in [2.24, 2.45) is 0 Å². The minimum absolute atomic E-state index is 2.05. The summed E-state index contributed by atoms with van der Waals surface area (Å²) in [6, 6.07) is 0. The highest BCUT2D eigenvalue weighted by molar-refractivity contribution is 7.84. The Hall–Kier alpha value is -2.24. The van der Waals surface area contributed by atoms with Crippen molar-refractivity contribution in [3.63, 3.8) is 0 Å². The Kier molecular flexibility index (Phi) is 35.7. The molecule has 1 unspecified atom stereocenters. The second-order valence-corrected chi connectivity index (χ2v) is 39.3. The number of ether oxygens (including phenoxy) is 9. The van der Waals surface area contributed by atoms with Gasteiger partial charge in [0.2, 0.25) is 0 Å². The van der Waals surface area contributed by atoms with Gasteiger partial charge in [-0.25, -0.2) is 67.3 Å². The number of hydrogen-bond donors (Lipinski definition) is 18. The first-order valence-corrected chi connectivity index (χ1v) is 50.3. The highest BCUT2D eigenvalue weighted by Crippen LogP contribution is 2.44. The summed E-state index contributed by atoms with van der Waals surface area (Å²) in [5.41, 5.74) is 0. The van der Waals surface area contributed by atoms with Crippen molar-refractivity contribution in [3.05, 3.63) is 0 Å². The topological polar surface area (TPSA) is 1120 Å². The van der Waals surface area contributed by atoms with Crippen LogP contribution < -0.4 is 0 Å². The van der Waals surface area contributed by atoms with Crippen molar-refractivity contribution in [3.8, 4) is 0 Å². The molecule has 90 heteroatoms. The zero-order chi connectivity index (χ0) is 92.6. The van der Waals surface area contributed by atoms with E-state index in [1.807, 2.05) is 0 Å². The van der Waals surface area contributed by atoms with Gasteiger partial charge in [0.25, 0.3) is 0 Å². The van der Waals surface area contributed by atoms with Crippen LogP contribution in [-0.4, -0.2) is 396 Å². The summed E-state index contributed by atoms with van der Waals surface area (Å²) >= 11 is 0. The standard InChI is InChI=1S/C30H53O74PS15/c31-26-21(19(99-115(62,63)64)15(98-114(59,60)61)7(85-26)2-81-106(35,36)37)93-29-24(103-119(74,75)76)18(13(96-112(53,54)55)10(89-29)5-84-109(44,45)46)91-27-22(101-117(68,69)70)16(11(94-110(47,48)49)8(87-27)3-82-107(38,39)40)90-28-23(102-118(71,72)73)17(12(95-111(50,51)52)9(88-28)4-83-108(41,42)43)92-30-25(104-120(77,78)79)20(100-116(65,66)67)14(97-113(56,57)58)6(86-30)1-80-105(32,33)34/h6-31H,1-5H2,(H2,32,33,34)(H,35,36,37)(H,38,39,40)(H,41,42,43)(H,44,45,46)(H,47,48,49)(H,50,51,52)(H,53,54,55)(H,56,57,58)(H,59,60,61)(H,62,63,64)(H,65,66,67)(H,68,69,70)(H,71,72,73)(H,74,75,76)(H,77,78,79)/t6-,7-,8-,9-,10-,11-,12-,13-,14-,15-,16+,17+,18+,19+,20+,21+,22+,23+,24+,25+,26?,27-,28-,29-,30-/m1/s1. The van der Waals surface area contributed by atoms with Crippen molar-refractivity contribution in [1.82, 2.24) is 0 Å². The van der Waals surface area contributed by atoms with Crippen LogP contribution in [0.3, 0.4) is 0 Å². The van der Waals surface area contributed by atoms with Gasteiger partial charge in [0.05, 0.1) is 33.0 Å². The summed E-state index contributed by atoms with van der Waals surface area (Å²) < 4.78 is 651. The predicted molar refractivity (Wildman–Crippen MR) is 334 cm³/mol. The zero-order valence-electron chi connectivity index (χ0n) is 55.5. The first-order valence-electron chi connectivity index (χ1n) is 28.2. The van der Waals surface area contributed by atoms with E-state index in [1.165, 1.54) is 0 Å². The molecule has 74 nitrogen and oxygen atoms in total. The Morgan fingerprint density at radius 3 is 0.567 bits per heavy atom. The molecule has 120 heavy (non-hydrogen) atoms. The number of aliphatic hydroxyl groups is 1. The summed E-state index contributed by atoms with van der Waals surface area (Å²) in [4.78, 5) is 19.1. The molecule has 0 aliphatic carbocycles. The first-order chi connectivity index (χ1) is 53.3. The highest BCUT2D eigenvalue weighted by Gasteiger charge is 2.65. The fourth-order valence-corrected chi connectivity index (χ4v) is 17.3. The third kappa shape index (κ3) is 38.6. The van der Waals surface area contributed by atoms with E-state index in [0.29, 0.717) is 0 Å².